The van der Waals surface area contributed by atoms with Crippen molar-refractivity contribution < 1.29 is 9.84 Å². The molecule has 0 unspecified atom stereocenters. The molecule has 0 amide bonds. The SMILES string of the molecule is CNS(=O)(=O)c1ccccc1C(C)C.[HH]. The molecule has 0 saturated heterocycles. The highest BCUT2D eigenvalue weighted by Crippen LogP contribution is 2.22. The molecule has 14 heavy (non-hydrogen) atoms. The van der Waals surface area contributed by atoms with Crippen molar-refractivity contribution in [3.8, 4) is 0 Å². The van der Waals surface area contributed by atoms with Crippen molar-refractivity contribution >= 4 is 10.0 Å². The lowest BCUT2D eigenvalue weighted by Crippen LogP contribution is -2.20. The molecule has 80 valence electrons. The van der Waals surface area contributed by atoms with Crippen LogP contribution in [-0.4, -0.2) is 15.5 Å². The summed E-state index contributed by atoms with van der Waals surface area (Å²) >= 11 is 0. The summed E-state index contributed by atoms with van der Waals surface area (Å²) in [6.07, 6.45) is 0. The predicted octanol–water partition coefficient (Wildman–Crippen LogP) is 1.96. The summed E-state index contributed by atoms with van der Waals surface area (Å²) in [6.45, 7) is 3.95. The Bertz CT molecular complexity index is 415. The van der Waals surface area contributed by atoms with Crippen molar-refractivity contribution in [1.29, 1.82) is 0 Å². The molecule has 0 saturated carbocycles. The third-order valence-electron chi connectivity index (χ3n) is 2.10. The number of benzene rings is 1. The van der Waals surface area contributed by atoms with Crippen LogP contribution in [0.25, 0.3) is 0 Å². The van der Waals surface area contributed by atoms with Gasteiger partial charge in [-0.25, -0.2) is 13.1 Å². The summed E-state index contributed by atoms with van der Waals surface area (Å²) in [4.78, 5) is 0.373. The lowest BCUT2D eigenvalue weighted by Gasteiger charge is -2.11. The summed E-state index contributed by atoms with van der Waals surface area (Å²) in [6, 6.07) is 7.05. The van der Waals surface area contributed by atoms with Gasteiger partial charge in [-0.1, -0.05) is 32.0 Å². The van der Waals surface area contributed by atoms with E-state index in [0.717, 1.165) is 5.56 Å². The standard InChI is InChI=1S/C10H15NO2S.H2/c1-8(2)9-6-4-5-7-10(9)14(12,13)11-3;/h4-8,11H,1-3H3;1H. The molecule has 1 aromatic rings. The predicted molar refractivity (Wildman–Crippen MR) is 58.9 cm³/mol. The number of sulfonamides is 1. The smallest absolute Gasteiger partial charge is 0.214 e. The first-order chi connectivity index (χ1) is 6.49. The van der Waals surface area contributed by atoms with E-state index in [9.17, 15) is 8.42 Å². The Balaban J connectivity index is 0.00000196. The van der Waals surface area contributed by atoms with Crippen molar-refractivity contribution in [2.24, 2.45) is 0 Å². The van der Waals surface area contributed by atoms with E-state index in [1.165, 1.54) is 7.05 Å². The van der Waals surface area contributed by atoms with Crippen LogP contribution in [0.1, 0.15) is 26.8 Å². The zero-order valence-corrected chi connectivity index (χ0v) is 9.43. The van der Waals surface area contributed by atoms with Crippen LogP contribution < -0.4 is 4.72 Å². The summed E-state index contributed by atoms with van der Waals surface area (Å²) in [5.41, 5.74) is 0.849. The van der Waals surface area contributed by atoms with Crippen molar-refractivity contribution in [3.63, 3.8) is 0 Å². The van der Waals surface area contributed by atoms with Gasteiger partial charge in [0.1, 0.15) is 0 Å². The van der Waals surface area contributed by atoms with Gasteiger partial charge in [0.15, 0.2) is 0 Å². The maximum Gasteiger partial charge on any atom is 0.240 e. The summed E-state index contributed by atoms with van der Waals surface area (Å²) < 4.78 is 25.6. The van der Waals surface area contributed by atoms with Crippen LogP contribution in [0.2, 0.25) is 0 Å². The number of nitrogens with one attached hydrogen (secondary N) is 1. The van der Waals surface area contributed by atoms with Gasteiger partial charge in [-0.3, -0.25) is 0 Å². The van der Waals surface area contributed by atoms with E-state index in [1.807, 2.05) is 26.0 Å². The molecule has 0 aliphatic heterocycles. The first-order valence-electron chi connectivity index (χ1n) is 4.51. The normalized spacial score (nSPS) is 12.0. The molecule has 0 spiro atoms. The third kappa shape index (κ3) is 2.13. The Morgan fingerprint density at radius 2 is 1.86 bits per heavy atom. The maximum atomic E-state index is 11.6. The number of hydrogen-bond acceptors (Lipinski definition) is 2. The monoisotopic (exact) mass is 215 g/mol. The second kappa shape index (κ2) is 4.11. The van der Waals surface area contributed by atoms with E-state index >= 15 is 0 Å². The summed E-state index contributed by atoms with van der Waals surface area (Å²) in [5.74, 6) is 0.203. The minimum Gasteiger partial charge on any atom is -0.214 e. The molecule has 0 fully saturated rings. The quantitative estimate of drug-likeness (QED) is 0.837. The molecule has 0 bridgehead atoms. The fourth-order valence-electron chi connectivity index (χ4n) is 1.31. The molecule has 0 aliphatic carbocycles. The molecular weight excluding hydrogens is 198 g/mol. The van der Waals surface area contributed by atoms with Gasteiger partial charge < -0.3 is 0 Å². The topological polar surface area (TPSA) is 46.2 Å². The molecule has 0 aliphatic rings. The van der Waals surface area contributed by atoms with Crippen LogP contribution in [0.3, 0.4) is 0 Å². The molecule has 1 N–H and O–H groups in total. The lowest BCUT2D eigenvalue weighted by atomic mass is 10.0. The minimum absolute atomic E-state index is 0. The second-order valence-electron chi connectivity index (χ2n) is 3.40. The molecule has 3 nitrogen and oxygen atoms in total. The van der Waals surface area contributed by atoms with Gasteiger partial charge in [-0.2, -0.15) is 0 Å². The molecular formula is C10H17NO2S. The van der Waals surface area contributed by atoms with E-state index in [1.54, 1.807) is 12.1 Å². The summed E-state index contributed by atoms with van der Waals surface area (Å²) in [5, 5.41) is 0. The highest BCUT2D eigenvalue weighted by atomic mass is 32.2. The molecule has 0 radical (unpaired) electrons. The Hall–Kier alpha value is -0.870. The van der Waals surface area contributed by atoms with E-state index in [2.05, 4.69) is 4.72 Å². The van der Waals surface area contributed by atoms with Gasteiger partial charge in [0.25, 0.3) is 0 Å². The Labute approximate surface area is 86.7 Å². The van der Waals surface area contributed by atoms with Crippen molar-refractivity contribution in [2.45, 2.75) is 24.7 Å². The van der Waals surface area contributed by atoms with E-state index < -0.39 is 10.0 Å². The average molecular weight is 215 g/mol. The highest BCUT2D eigenvalue weighted by molar-refractivity contribution is 7.89. The van der Waals surface area contributed by atoms with E-state index in [4.69, 9.17) is 0 Å². The van der Waals surface area contributed by atoms with Crippen LogP contribution in [0, 0.1) is 0 Å². The maximum absolute atomic E-state index is 11.6. The van der Waals surface area contributed by atoms with Crippen molar-refractivity contribution in [3.05, 3.63) is 29.8 Å². The molecule has 1 rings (SSSR count). The molecule has 1 aromatic carbocycles. The molecule has 0 aromatic heterocycles. The van der Waals surface area contributed by atoms with Gasteiger partial charge >= 0.3 is 0 Å². The Morgan fingerprint density at radius 3 is 2.36 bits per heavy atom. The van der Waals surface area contributed by atoms with Gasteiger partial charge in [-0.15, -0.1) is 0 Å². The van der Waals surface area contributed by atoms with E-state index in [-0.39, 0.29) is 7.34 Å². The van der Waals surface area contributed by atoms with E-state index in [0.29, 0.717) is 4.90 Å². The minimum atomic E-state index is -3.32. The second-order valence-corrected chi connectivity index (χ2v) is 5.26. The number of rotatable bonds is 3. The molecule has 0 heterocycles. The first-order valence-corrected chi connectivity index (χ1v) is 6.00. The van der Waals surface area contributed by atoms with Crippen LogP contribution in [0.4, 0.5) is 0 Å². The van der Waals surface area contributed by atoms with Gasteiger partial charge in [0, 0.05) is 1.43 Å². The lowest BCUT2D eigenvalue weighted by molar-refractivity contribution is 0.586. The van der Waals surface area contributed by atoms with Crippen LogP contribution in [-0.2, 0) is 10.0 Å². The highest BCUT2D eigenvalue weighted by Gasteiger charge is 2.16. The van der Waals surface area contributed by atoms with Crippen LogP contribution in [0.5, 0.6) is 0 Å². The van der Waals surface area contributed by atoms with Crippen LogP contribution >= 0.6 is 0 Å². The van der Waals surface area contributed by atoms with Crippen LogP contribution in [0.15, 0.2) is 29.2 Å². The number of hydrogen-bond donors (Lipinski definition) is 1. The zero-order valence-electron chi connectivity index (χ0n) is 8.61. The zero-order chi connectivity index (χ0) is 10.8. The molecule has 0 atom stereocenters. The third-order valence-corrected chi connectivity index (χ3v) is 3.59. The van der Waals surface area contributed by atoms with Gasteiger partial charge in [-0.05, 0) is 24.6 Å². The largest absolute Gasteiger partial charge is 0.240 e. The first kappa shape index (κ1) is 11.2. The van der Waals surface area contributed by atoms with Crippen molar-refractivity contribution in [2.75, 3.05) is 7.05 Å². The van der Waals surface area contributed by atoms with Gasteiger partial charge in [0.05, 0.1) is 4.90 Å². The summed E-state index contributed by atoms with van der Waals surface area (Å²) in [7, 11) is -1.90. The fourth-order valence-corrected chi connectivity index (χ4v) is 2.40. The van der Waals surface area contributed by atoms with Gasteiger partial charge in [0.2, 0.25) is 10.0 Å². The average Bonchev–Trinajstić information content (AvgIpc) is 2.18. The Morgan fingerprint density at radius 1 is 1.29 bits per heavy atom. The fraction of sp³-hybridized carbons (Fsp3) is 0.400. The Kier molecular flexibility index (Phi) is 3.29. The molecule has 4 heteroatoms. The van der Waals surface area contributed by atoms with Crippen molar-refractivity contribution in [1.82, 2.24) is 4.72 Å².